The summed E-state index contributed by atoms with van der Waals surface area (Å²) in [6.45, 7) is 0.444. The van der Waals surface area contributed by atoms with Gasteiger partial charge in [-0.1, -0.05) is 17.7 Å². The zero-order valence-electron chi connectivity index (χ0n) is 11.5. The summed E-state index contributed by atoms with van der Waals surface area (Å²) in [4.78, 5) is 0. The molecule has 0 atom stereocenters. The van der Waals surface area contributed by atoms with Gasteiger partial charge < -0.3 is 14.8 Å². The average molecular weight is 375 g/mol. The molecule has 2 aromatic rings. The summed E-state index contributed by atoms with van der Waals surface area (Å²) in [5, 5.41) is 3.66. The van der Waals surface area contributed by atoms with Crippen LogP contribution in [-0.2, 0) is 6.54 Å². The van der Waals surface area contributed by atoms with Crippen LogP contribution < -0.4 is 14.8 Å². The molecule has 0 radical (unpaired) electrons. The van der Waals surface area contributed by atoms with Crippen molar-refractivity contribution >= 4 is 33.2 Å². The third-order valence-corrected chi connectivity index (χ3v) is 3.90. The monoisotopic (exact) mass is 373 g/mol. The molecule has 0 unspecified atom stereocenters. The first kappa shape index (κ1) is 15.9. The number of hydrogen-bond acceptors (Lipinski definition) is 3. The molecule has 112 valence electrons. The Bertz CT molecular complexity index is 652. The van der Waals surface area contributed by atoms with Crippen LogP contribution in [0.2, 0.25) is 5.02 Å². The van der Waals surface area contributed by atoms with Crippen LogP contribution in [0.25, 0.3) is 0 Å². The molecule has 2 aromatic carbocycles. The lowest BCUT2D eigenvalue weighted by atomic mass is 10.2. The highest BCUT2D eigenvalue weighted by Gasteiger charge is 2.10. The van der Waals surface area contributed by atoms with Crippen molar-refractivity contribution in [3.05, 3.63) is 51.2 Å². The fourth-order valence-corrected chi connectivity index (χ4v) is 2.30. The number of methoxy groups -OCH3 is 2. The van der Waals surface area contributed by atoms with Crippen LogP contribution in [0.15, 0.2) is 34.8 Å². The number of rotatable bonds is 5. The fourth-order valence-electron chi connectivity index (χ4n) is 1.84. The highest BCUT2D eigenvalue weighted by Crippen LogP contribution is 2.36. The molecule has 1 N–H and O–H groups in total. The molecule has 0 spiro atoms. The molecular weight excluding hydrogens is 361 g/mol. The van der Waals surface area contributed by atoms with Gasteiger partial charge in [-0.05, 0) is 33.6 Å². The minimum Gasteiger partial charge on any atom is -0.493 e. The van der Waals surface area contributed by atoms with E-state index < -0.39 is 0 Å². The smallest absolute Gasteiger partial charge is 0.162 e. The van der Waals surface area contributed by atoms with Crippen molar-refractivity contribution in [2.24, 2.45) is 0 Å². The number of anilines is 1. The first-order valence-corrected chi connectivity index (χ1v) is 7.31. The zero-order valence-corrected chi connectivity index (χ0v) is 13.9. The molecular formula is C15H14BrClFNO2. The van der Waals surface area contributed by atoms with Crippen molar-refractivity contribution in [2.45, 2.75) is 6.54 Å². The number of hydrogen-bond donors (Lipinski definition) is 1. The van der Waals surface area contributed by atoms with Crippen molar-refractivity contribution in [3.63, 3.8) is 0 Å². The predicted octanol–water partition coefficient (Wildman–Crippen LogP) is 4.87. The maximum absolute atomic E-state index is 13.5. The van der Waals surface area contributed by atoms with Crippen molar-refractivity contribution in [1.29, 1.82) is 0 Å². The quantitative estimate of drug-likeness (QED) is 0.810. The third kappa shape index (κ3) is 3.80. The topological polar surface area (TPSA) is 30.5 Å². The van der Waals surface area contributed by atoms with Gasteiger partial charge in [0.2, 0.25) is 0 Å². The summed E-state index contributed by atoms with van der Waals surface area (Å²) in [7, 11) is 3.10. The molecule has 0 fully saturated rings. The van der Waals surface area contributed by atoms with E-state index in [-0.39, 0.29) is 5.82 Å². The predicted molar refractivity (Wildman–Crippen MR) is 86.0 cm³/mol. The second kappa shape index (κ2) is 7.00. The first-order valence-electron chi connectivity index (χ1n) is 6.14. The number of ether oxygens (including phenoxy) is 2. The second-order valence-electron chi connectivity index (χ2n) is 4.29. The van der Waals surface area contributed by atoms with Gasteiger partial charge in [-0.25, -0.2) is 4.39 Å². The molecule has 0 heterocycles. The largest absolute Gasteiger partial charge is 0.493 e. The summed E-state index contributed by atoms with van der Waals surface area (Å²) in [6.07, 6.45) is 0. The van der Waals surface area contributed by atoms with Crippen LogP contribution in [0.5, 0.6) is 11.5 Å². The van der Waals surface area contributed by atoms with Crippen molar-refractivity contribution in [2.75, 3.05) is 19.5 Å². The van der Waals surface area contributed by atoms with Gasteiger partial charge in [0.25, 0.3) is 0 Å². The highest BCUT2D eigenvalue weighted by molar-refractivity contribution is 9.10. The van der Waals surface area contributed by atoms with Crippen molar-refractivity contribution in [3.8, 4) is 11.5 Å². The number of halogens is 3. The van der Waals surface area contributed by atoms with Crippen molar-refractivity contribution in [1.82, 2.24) is 0 Å². The maximum Gasteiger partial charge on any atom is 0.162 e. The first-order chi connectivity index (χ1) is 10.0. The Hall–Kier alpha value is -1.46. The summed E-state index contributed by atoms with van der Waals surface area (Å²) in [5.41, 5.74) is 1.50. The van der Waals surface area contributed by atoms with Gasteiger partial charge in [-0.15, -0.1) is 0 Å². The maximum atomic E-state index is 13.5. The SMILES string of the molecule is COc1cc(Cl)c(NCc2ccc(Br)c(F)c2)cc1OC. The molecule has 6 heteroatoms. The van der Waals surface area contributed by atoms with E-state index in [0.717, 1.165) is 5.56 Å². The summed E-state index contributed by atoms with van der Waals surface area (Å²) >= 11 is 9.31. The molecule has 0 aliphatic heterocycles. The van der Waals surface area contributed by atoms with Gasteiger partial charge in [0, 0.05) is 18.7 Å². The standard InChI is InChI=1S/C15H14BrClFNO2/c1-20-14-6-11(17)13(7-15(14)21-2)19-8-9-3-4-10(16)12(18)5-9/h3-7,19H,8H2,1-2H3. The van der Waals surface area contributed by atoms with E-state index in [9.17, 15) is 4.39 Å². The van der Waals surface area contributed by atoms with E-state index in [4.69, 9.17) is 21.1 Å². The van der Waals surface area contributed by atoms with Crippen LogP contribution in [-0.4, -0.2) is 14.2 Å². The summed E-state index contributed by atoms with van der Waals surface area (Å²) < 4.78 is 24.3. The van der Waals surface area contributed by atoms with Gasteiger partial charge in [0.05, 0.1) is 29.4 Å². The molecule has 21 heavy (non-hydrogen) atoms. The van der Waals surface area contributed by atoms with Gasteiger partial charge >= 0.3 is 0 Å². The van der Waals surface area contributed by atoms with E-state index in [1.165, 1.54) is 6.07 Å². The minimum absolute atomic E-state index is 0.298. The normalized spacial score (nSPS) is 10.3. The van der Waals surface area contributed by atoms with Crippen LogP contribution in [0.3, 0.4) is 0 Å². The van der Waals surface area contributed by atoms with Crippen LogP contribution in [0.4, 0.5) is 10.1 Å². The van der Waals surface area contributed by atoms with Gasteiger partial charge in [0.15, 0.2) is 11.5 Å². The minimum atomic E-state index is -0.298. The third-order valence-electron chi connectivity index (χ3n) is 2.94. The Morgan fingerprint density at radius 3 is 2.43 bits per heavy atom. The van der Waals surface area contributed by atoms with E-state index in [1.54, 1.807) is 32.4 Å². The molecule has 0 aromatic heterocycles. The molecule has 0 saturated carbocycles. The summed E-state index contributed by atoms with van der Waals surface area (Å²) in [6, 6.07) is 8.38. The number of benzene rings is 2. The molecule has 3 nitrogen and oxygen atoms in total. The zero-order chi connectivity index (χ0) is 15.4. The molecule has 0 amide bonds. The van der Waals surface area contributed by atoms with Crippen molar-refractivity contribution < 1.29 is 13.9 Å². The lowest BCUT2D eigenvalue weighted by molar-refractivity contribution is 0.355. The van der Waals surface area contributed by atoms with E-state index in [2.05, 4.69) is 21.2 Å². The molecule has 0 bridgehead atoms. The molecule has 0 aliphatic rings. The van der Waals surface area contributed by atoms with Gasteiger partial charge in [0.1, 0.15) is 5.82 Å². The molecule has 0 aliphatic carbocycles. The Labute approximate surface area is 136 Å². The fraction of sp³-hybridized carbons (Fsp3) is 0.200. The Morgan fingerprint density at radius 1 is 1.14 bits per heavy atom. The average Bonchev–Trinajstić information content (AvgIpc) is 2.49. The molecule has 2 rings (SSSR count). The lowest BCUT2D eigenvalue weighted by Gasteiger charge is -2.13. The Morgan fingerprint density at radius 2 is 1.81 bits per heavy atom. The molecule has 0 saturated heterocycles. The van der Waals surface area contributed by atoms with Gasteiger partial charge in [-0.2, -0.15) is 0 Å². The Balaban J connectivity index is 2.17. The summed E-state index contributed by atoms with van der Waals surface area (Å²) in [5.74, 6) is 0.835. The number of nitrogens with one attached hydrogen (secondary N) is 1. The van der Waals surface area contributed by atoms with Crippen LogP contribution in [0, 0.1) is 5.82 Å². The van der Waals surface area contributed by atoms with E-state index in [0.29, 0.717) is 33.2 Å². The lowest BCUT2D eigenvalue weighted by Crippen LogP contribution is -2.01. The Kier molecular flexibility index (Phi) is 5.31. The van der Waals surface area contributed by atoms with E-state index >= 15 is 0 Å². The van der Waals surface area contributed by atoms with E-state index in [1.807, 2.05) is 6.07 Å². The van der Waals surface area contributed by atoms with Gasteiger partial charge in [-0.3, -0.25) is 0 Å². The van der Waals surface area contributed by atoms with Crippen LogP contribution >= 0.6 is 27.5 Å². The second-order valence-corrected chi connectivity index (χ2v) is 5.55. The highest BCUT2D eigenvalue weighted by atomic mass is 79.9. The van der Waals surface area contributed by atoms with Crippen LogP contribution in [0.1, 0.15) is 5.56 Å².